The molecule has 1 spiro atoms. The number of hydrogen-bond donors (Lipinski definition) is 3. The van der Waals surface area contributed by atoms with Crippen molar-refractivity contribution >= 4 is 29.5 Å². The first-order valence-electron chi connectivity index (χ1n) is 12.9. The number of nitrogens with zero attached hydrogens (tertiary/aromatic N) is 1. The van der Waals surface area contributed by atoms with Gasteiger partial charge in [0.1, 0.15) is 12.1 Å². The number of hydrogen-bond acceptors (Lipinski definition) is 5. The lowest BCUT2D eigenvalue weighted by molar-refractivity contribution is -0.144. The number of nitrogens with one attached hydrogen (secondary N) is 3. The number of rotatable bonds is 5. The molecule has 5 rings (SSSR count). The fourth-order valence-corrected chi connectivity index (χ4v) is 7.76. The Bertz CT molecular complexity index is 1020. The van der Waals surface area contributed by atoms with Crippen LogP contribution in [0.5, 0.6) is 0 Å². The summed E-state index contributed by atoms with van der Waals surface area (Å²) in [6, 6.07) is 6.80. The summed E-state index contributed by atoms with van der Waals surface area (Å²) >= 11 is 1.75. The summed E-state index contributed by atoms with van der Waals surface area (Å²) in [7, 11) is 1.73. The Kier molecular flexibility index (Phi) is 6.95. The first-order chi connectivity index (χ1) is 16.9. The van der Waals surface area contributed by atoms with E-state index in [1.165, 1.54) is 11.1 Å². The minimum Gasteiger partial charge on any atom is -0.347 e. The third kappa shape index (κ3) is 4.51. The zero-order valence-electron chi connectivity index (χ0n) is 20.6. The van der Waals surface area contributed by atoms with E-state index in [1.807, 2.05) is 11.0 Å². The highest BCUT2D eigenvalue weighted by Crippen LogP contribution is 2.53. The van der Waals surface area contributed by atoms with Gasteiger partial charge in [-0.3, -0.25) is 14.4 Å². The third-order valence-corrected chi connectivity index (χ3v) is 9.56. The normalized spacial score (nSPS) is 29.9. The van der Waals surface area contributed by atoms with Crippen molar-refractivity contribution in [3.8, 4) is 0 Å². The van der Waals surface area contributed by atoms with Gasteiger partial charge < -0.3 is 20.9 Å². The molecular formula is C27H36N4O3S. The van der Waals surface area contributed by atoms with Gasteiger partial charge in [-0.05, 0) is 75.8 Å². The molecule has 0 saturated carbocycles. The van der Waals surface area contributed by atoms with E-state index >= 15 is 0 Å². The number of benzene rings is 1. The Morgan fingerprint density at radius 3 is 2.66 bits per heavy atom. The third-order valence-electron chi connectivity index (χ3n) is 8.31. The number of allylic oxidation sites excluding steroid dienone is 2. The average molecular weight is 497 g/mol. The SMILES string of the molecule is CN[C@@H](C)C(=O)N[C@H]1CCS[C@H]2CC3(CC=CC3)[C@@H](C(=O)N[C@@H]3CCCc4ccccc43)N2C1=O. The number of fused-ring (bicyclic) bond motifs is 2. The molecule has 2 aliphatic heterocycles. The topological polar surface area (TPSA) is 90.5 Å². The van der Waals surface area contributed by atoms with E-state index < -0.39 is 12.1 Å². The quantitative estimate of drug-likeness (QED) is 0.546. The van der Waals surface area contributed by atoms with Crippen molar-refractivity contribution in [2.24, 2.45) is 5.41 Å². The fourth-order valence-electron chi connectivity index (χ4n) is 6.28. The molecule has 2 fully saturated rings. The Balaban J connectivity index is 1.42. The smallest absolute Gasteiger partial charge is 0.246 e. The van der Waals surface area contributed by atoms with Crippen molar-refractivity contribution in [3.63, 3.8) is 0 Å². The van der Waals surface area contributed by atoms with Crippen molar-refractivity contribution < 1.29 is 14.4 Å². The van der Waals surface area contributed by atoms with Crippen molar-refractivity contribution in [3.05, 3.63) is 47.5 Å². The van der Waals surface area contributed by atoms with Gasteiger partial charge in [-0.1, -0.05) is 36.4 Å². The average Bonchev–Trinajstić information content (AvgIpc) is 3.43. The van der Waals surface area contributed by atoms with Crippen LogP contribution in [-0.2, 0) is 20.8 Å². The van der Waals surface area contributed by atoms with Gasteiger partial charge in [-0.15, -0.1) is 11.8 Å². The van der Waals surface area contributed by atoms with Gasteiger partial charge in [0, 0.05) is 5.41 Å². The Morgan fingerprint density at radius 1 is 1.11 bits per heavy atom. The summed E-state index contributed by atoms with van der Waals surface area (Å²) in [5, 5.41) is 9.20. The van der Waals surface area contributed by atoms with Crippen molar-refractivity contribution in [2.75, 3.05) is 12.8 Å². The second-order valence-electron chi connectivity index (χ2n) is 10.4. The monoisotopic (exact) mass is 496 g/mol. The van der Waals surface area contributed by atoms with Gasteiger partial charge in [0.15, 0.2) is 0 Å². The number of amides is 3. The Morgan fingerprint density at radius 2 is 1.89 bits per heavy atom. The molecule has 0 bridgehead atoms. The molecule has 2 heterocycles. The zero-order valence-corrected chi connectivity index (χ0v) is 21.4. The van der Waals surface area contributed by atoms with E-state index in [9.17, 15) is 14.4 Å². The number of aryl methyl sites for hydroxylation is 1. The van der Waals surface area contributed by atoms with Crippen LogP contribution in [0.2, 0.25) is 0 Å². The summed E-state index contributed by atoms with van der Waals surface area (Å²) in [5.74, 6) is 0.414. The van der Waals surface area contributed by atoms with Crippen LogP contribution in [0.1, 0.15) is 62.6 Å². The minimum atomic E-state index is -0.606. The van der Waals surface area contributed by atoms with Gasteiger partial charge in [0.25, 0.3) is 0 Å². The first-order valence-corrected chi connectivity index (χ1v) is 13.9. The number of carbonyl (C=O) groups excluding carboxylic acids is 3. The maximum absolute atomic E-state index is 14.0. The fraction of sp³-hybridized carbons (Fsp3) is 0.593. The molecule has 0 unspecified atom stereocenters. The van der Waals surface area contributed by atoms with Gasteiger partial charge in [0.05, 0.1) is 17.5 Å². The van der Waals surface area contributed by atoms with E-state index in [0.717, 1.165) is 44.3 Å². The predicted octanol–water partition coefficient (Wildman–Crippen LogP) is 2.67. The molecule has 4 aliphatic rings. The summed E-state index contributed by atoms with van der Waals surface area (Å²) in [6.45, 7) is 1.78. The molecular weight excluding hydrogens is 460 g/mol. The molecule has 7 nitrogen and oxygen atoms in total. The highest BCUT2D eigenvalue weighted by atomic mass is 32.2. The molecule has 2 aliphatic carbocycles. The zero-order chi connectivity index (χ0) is 24.6. The van der Waals surface area contributed by atoms with Crippen LogP contribution in [0.25, 0.3) is 0 Å². The van der Waals surface area contributed by atoms with Crippen molar-refractivity contribution in [1.29, 1.82) is 0 Å². The van der Waals surface area contributed by atoms with Gasteiger partial charge in [0.2, 0.25) is 17.7 Å². The van der Waals surface area contributed by atoms with Gasteiger partial charge >= 0.3 is 0 Å². The van der Waals surface area contributed by atoms with Crippen LogP contribution < -0.4 is 16.0 Å². The van der Waals surface area contributed by atoms with Crippen LogP contribution in [0.15, 0.2) is 36.4 Å². The van der Waals surface area contributed by atoms with E-state index in [1.54, 1.807) is 25.7 Å². The summed E-state index contributed by atoms with van der Waals surface area (Å²) in [4.78, 5) is 42.4. The second-order valence-corrected chi connectivity index (χ2v) is 11.7. The first kappa shape index (κ1) is 24.4. The lowest BCUT2D eigenvalue weighted by Crippen LogP contribution is -2.58. The molecule has 2 saturated heterocycles. The summed E-state index contributed by atoms with van der Waals surface area (Å²) in [6.07, 6.45) is 10.3. The largest absolute Gasteiger partial charge is 0.347 e. The lowest BCUT2D eigenvalue weighted by Gasteiger charge is -2.37. The highest BCUT2D eigenvalue weighted by molar-refractivity contribution is 7.99. The van der Waals surface area contributed by atoms with Crippen LogP contribution >= 0.6 is 11.8 Å². The lowest BCUT2D eigenvalue weighted by atomic mass is 9.77. The predicted molar refractivity (Wildman–Crippen MR) is 138 cm³/mol. The van der Waals surface area contributed by atoms with Crippen LogP contribution in [0.3, 0.4) is 0 Å². The van der Waals surface area contributed by atoms with Crippen LogP contribution in [0.4, 0.5) is 0 Å². The molecule has 188 valence electrons. The van der Waals surface area contributed by atoms with Crippen LogP contribution in [0, 0.1) is 5.41 Å². The molecule has 35 heavy (non-hydrogen) atoms. The molecule has 0 radical (unpaired) electrons. The Labute approximate surface area is 211 Å². The van der Waals surface area contributed by atoms with Gasteiger partial charge in [-0.25, -0.2) is 0 Å². The maximum Gasteiger partial charge on any atom is 0.246 e. The molecule has 0 aromatic heterocycles. The standard InChI is InChI=1S/C27H36N4O3S/c1-17(28-2)24(32)30-21-12-15-35-22-16-27(13-5-6-14-27)23(31(22)26(21)34)25(33)29-20-11-7-9-18-8-3-4-10-19(18)20/h3-6,8,10,17,20-23,28H,7,9,11-16H2,1-2H3,(H,29,33)(H,30,32)/t17-,20+,21-,22-,23+/m0/s1. The minimum absolute atomic E-state index is 0.0281. The molecule has 5 atom stereocenters. The second kappa shape index (κ2) is 9.97. The van der Waals surface area contributed by atoms with E-state index in [2.05, 4.69) is 46.3 Å². The molecule has 8 heteroatoms. The summed E-state index contributed by atoms with van der Waals surface area (Å²) in [5.41, 5.74) is 2.23. The molecule has 3 amide bonds. The number of thioether (sulfide) groups is 1. The van der Waals surface area contributed by atoms with E-state index in [0.29, 0.717) is 6.42 Å². The van der Waals surface area contributed by atoms with E-state index in [-0.39, 0.29) is 40.6 Å². The van der Waals surface area contributed by atoms with Crippen molar-refractivity contribution in [1.82, 2.24) is 20.9 Å². The number of likely N-dealkylation sites (N-methyl/N-ethyl adjacent to an activating group) is 1. The van der Waals surface area contributed by atoms with Gasteiger partial charge in [-0.2, -0.15) is 0 Å². The molecule has 1 aromatic rings. The molecule has 3 N–H and O–H groups in total. The number of carbonyl (C=O) groups is 3. The Hall–Kier alpha value is -2.32. The van der Waals surface area contributed by atoms with Crippen molar-refractivity contribution in [2.45, 2.75) is 81.4 Å². The maximum atomic E-state index is 14.0. The van der Waals surface area contributed by atoms with E-state index in [4.69, 9.17) is 0 Å². The summed E-state index contributed by atoms with van der Waals surface area (Å²) < 4.78 is 0. The molecule has 1 aromatic carbocycles. The van der Waals surface area contributed by atoms with Crippen LogP contribution in [-0.4, -0.2) is 58.9 Å². The highest BCUT2D eigenvalue weighted by Gasteiger charge is 2.58.